The van der Waals surface area contributed by atoms with Crippen LogP contribution in [-0.2, 0) is 27.3 Å². The smallest absolute Gasteiger partial charge is 0.128 e. The minimum atomic E-state index is -0.255. The maximum Gasteiger partial charge on any atom is 0.128 e. The average molecular weight is 564 g/mol. The SMILES string of the molecule is Cn1c(CO)cc2ccccc21.Cn1c(COc2ccc(Cl)cc2)cc2ccccc21.Fc1ccc(Cl)cc1. The summed E-state index contributed by atoms with van der Waals surface area (Å²) in [6.07, 6.45) is 0. The average Bonchev–Trinajstić information content (AvgIpc) is 3.46. The first-order valence-corrected chi connectivity index (χ1v) is 13.1. The number of para-hydroxylation sites is 2. The second-order valence-electron chi connectivity index (χ2n) is 8.84. The van der Waals surface area contributed by atoms with E-state index >= 15 is 0 Å². The van der Waals surface area contributed by atoms with Crippen molar-refractivity contribution in [1.82, 2.24) is 9.13 Å². The quantitative estimate of drug-likeness (QED) is 0.233. The number of ether oxygens (including phenoxy) is 1. The molecule has 1 N–H and O–H groups in total. The predicted molar refractivity (Wildman–Crippen MR) is 159 cm³/mol. The summed E-state index contributed by atoms with van der Waals surface area (Å²) in [4.78, 5) is 0. The summed E-state index contributed by atoms with van der Waals surface area (Å²) >= 11 is 11.3. The zero-order valence-corrected chi connectivity index (χ0v) is 23.2. The highest BCUT2D eigenvalue weighted by Gasteiger charge is 2.06. The molecule has 0 unspecified atom stereocenters. The summed E-state index contributed by atoms with van der Waals surface area (Å²) in [5.74, 6) is 0.573. The molecule has 0 fully saturated rings. The zero-order chi connectivity index (χ0) is 27.8. The Kier molecular flexibility index (Phi) is 9.66. The normalized spacial score (nSPS) is 10.5. The van der Waals surface area contributed by atoms with Gasteiger partial charge in [0.1, 0.15) is 18.2 Å². The fourth-order valence-corrected chi connectivity index (χ4v) is 4.35. The molecule has 6 aromatic rings. The molecule has 0 saturated carbocycles. The van der Waals surface area contributed by atoms with Gasteiger partial charge >= 0.3 is 0 Å². The van der Waals surface area contributed by atoms with Crippen molar-refractivity contribution in [2.45, 2.75) is 13.2 Å². The van der Waals surface area contributed by atoms with Crippen LogP contribution in [0.4, 0.5) is 4.39 Å². The van der Waals surface area contributed by atoms with Crippen molar-refractivity contribution in [3.63, 3.8) is 0 Å². The number of hydrogen-bond donors (Lipinski definition) is 1. The van der Waals surface area contributed by atoms with Crippen LogP contribution < -0.4 is 4.74 Å². The standard InChI is InChI=1S/C16H14ClNO.C10H11NO.C6H4ClF/c1-18-14(10-12-4-2-3-5-16(12)18)11-19-15-8-6-13(17)7-9-15;1-11-9(7-12)6-8-4-2-3-5-10(8)11;7-5-1-3-6(8)4-2-5/h2-10H,11H2,1H3;2-6,12H,7H2,1H3;1-4H. The molecule has 6 rings (SSSR count). The van der Waals surface area contributed by atoms with E-state index < -0.39 is 0 Å². The second kappa shape index (κ2) is 13.3. The molecule has 0 spiro atoms. The summed E-state index contributed by atoms with van der Waals surface area (Å²) < 4.78 is 22.0. The van der Waals surface area contributed by atoms with Crippen molar-refractivity contribution in [3.05, 3.63) is 136 Å². The first-order valence-electron chi connectivity index (χ1n) is 12.3. The third-order valence-corrected chi connectivity index (χ3v) is 6.77. The van der Waals surface area contributed by atoms with E-state index in [2.05, 4.69) is 41.9 Å². The van der Waals surface area contributed by atoms with Gasteiger partial charge in [-0.05, 0) is 83.6 Å². The highest BCUT2D eigenvalue weighted by Crippen LogP contribution is 2.21. The zero-order valence-electron chi connectivity index (χ0n) is 21.7. The third-order valence-electron chi connectivity index (χ3n) is 6.27. The summed E-state index contributed by atoms with van der Waals surface area (Å²) in [6.45, 7) is 0.651. The van der Waals surface area contributed by atoms with Crippen molar-refractivity contribution in [1.29, 1.82) is 0 Å². The summed E-state index contributed by atoms with van der Waals surface area (Å²) in [5.41, 5.74) is 4.49. The van der Waals surface area contributed by atoms with Gasteiger partial charge in [0.25, 0.3) is 0 Å². The Labute approximate surface area is 237 Å². The molecular formula is C32H29Cl2FN2O2. The minimum absolute atomic E-state index is 0.102. The molecule has 4 aromatic carbocycles. The summed E-state index contributed by atoms with van der Waals surface area (Å²) in [5, 5.41) is 12.7. The lowest BCUT2D eigenvalue weighted by atomic mass is 10.2. The van der Waals surface area contributed by atoms with E-state index in [1.807, 2.05) is 66.2 Å². The Morgan fingerprint density at radius 2 is 1.13 bits per heavy atom. The molecule has 7 heteroatoms. The van der Waals surface area contributed by atoms with Gasteiger partial charge in [-0.15, -0.1) is 0 Å². The Bertz CT molecular complexity index is 1620. The number of halogens is 3. The third kappa shape index (κ3) is 7.42. The van der Waals surface area contributed by atoms with Crippen molar-refractivity contribution in [2.75, 3.05) is 0 Å². The molecular weight excluding hydrogens is 534 g/mol. The minimum Gasteiger partial charge on any atom is -0.487 e. The fourth-order valence-electron chi connectivity index (χ4n) is 4.10. The molecule has 4 nitrogen and oxygen atoms in total. The van der Waals surface area contributed by atoms with E-state index in [0.717, 1.165) is 22.2 Å². The van der Waals surface area contributed by atoms with E-state index in [4.69, 9.17) is 33.0 Å². The molecule has 0 radical (unpaired) electrons. The Balaban J connectivity index is 0.000000150. The lowest BCUT2D eigenvalue weighted by molar-refractivity contribution is 0.273. The summed E-state index contributed by atoms with van der Waals surface area (Å²) in [6, 6.07) is 33.7. The molecule has 39 heavy (non-hydrogen) atoms. The molecule has 0 aliphatic carbocycles. The lowest BCUT2D eigenvalue weighted by Crippen LogP contribution is -2.01. The van der Waals surface area contributed by atoms with Gasteiger partial charge in [0.05, 0.1) is 12.3 Å². The number of nitrogens with zero attached hydrogens (tertiary/aromatic N) is 2. The van der Waals surface area contributed by atoms with Crippen LogP contribution in [0, 0.1) is 5.82 Å². The van der Waals surface area contributed by atoms with Gasteiger partial charge < -0.3 is 19.0 Å². The van der Waals surface area contributed by atoms with Crippen LogP contribution in [0.5, 0.6) is 5.75 Å². The molecule has 0 amide bonds. The van der Waals surface area contributed by atoms with Crippen molar-refractivity contribution in [3.8, 4) is 5.75 Å². The van der Waals surface area contributed by atoms with E-state index in [1.54, 1.807) is 0 Å². The van der Waals surface area contributed by atoms with Crippen molar-refractivity contribution in [2.24, 2.45) is 14.1 Å². The monoisotopic (exact) mass is 562 g/mol. The second-order valence-corrected chi connectivity index (χ2v) is 9.72. The predicted octanol–water partition coefficient (Wildman–Crippen LogP) is 8.56. The maximum absolute atomic E-state index is 12.0. The Hall–Kier alpha value is -3.77. The van der Waals surface area contributed by atoms with Gasteiger partial charge in [-0.1, -0.05) is 59.6 Å². The number of benzene rings is 4. The highest BCUT2D eigenvalue weighted by atomic mass is 35.5. The Morgan fingerprint density at radius 1 is 0.667 bits per heavy atom. The molecule has 0 bridgehead atoms. The van der Waals surface area contributed by atoms with Crippen molar-refractivity contribution < 1.29 is 14.2 Å². The topological polar surface area (TPSA) is 39.3 Å². The first kappa shape index (κ1) is 28.2. The van der Waals surface area contributed by atoms with E-state index in [9.17, 15) is 4.39 Å². The van der Waals surface area contributed by atoms with E-state index in [-0.39, 0.29) is 12.4 Å². The van der Waals surface area contributed by atoms with Gasteiger partial charge in [0.2, 0.25) is 0 Å². The van der Waals surface area contributed by atoms with Crippen LogP contribution in [-0.4, -0.2) is 14.2 Å². The fraction of sp³-hybridized carbons (Fsp3) is 0.125. The van der Waals surface area contributed by atoms with Crippen LogP contribution in [0.2, 0.25) is 10.0 Å². The maximum atomic E-state index is 12.0. The van der Waals surface area contributed by atoms with Crippen LogP contribution in [0.25, 0.3) is 21.8 Å². The highest BCUT2D eigenvalue weighted by molar-refractivity contribution is 6.30. The van der Waals surface area contributed by atoms with Crippen LogP contribution in [0.15, 0.2) is 109 Å². The molecule has 200 valence electrons. The lowest BCUT2D eigenvalue weighted by Gasteiger charge is -2.07. The Morgan fingerprint density at radius 3 is 1.62 bits per heavy atom. The molecule has 2 heterocycles. The van der Waals surface area contributed by atoms with Gasteiger partial charge in [-0.2, -0.15) is 0 Å². The largest absolute Gasteiger partial charge is 0.487 e. The number of aliphatic hydroxyl groups is 1. The molecule has 0 atom stereocenters. The molecule has 2 aromatic heterocycles. The summed E-state index contributed by atoms with van der Waals surface area (Å²) in [7, 11) is 4.02. The number of aryl methyl sites for hydroxylation is 2. The number of aromatic nitrogens is 2. The first-order chi connectivity index (χ1) is 18.9. The van der Waals surface area contributed by atoms with E-state index in [1.165, 1.54) is 46.1 Å². The number of rotatable bonds is 4. The number of aliphatic hydroxyl groups excluding tert-OH is 1. The van der Waals surface area contributed by atoms with Crippen LogP contribution in [0.3, 0.4) is 0 Å². The van der Waals surface area contributed by atoms with Crippen LogP contribution in [0.1, 0.15) is 11.4 Å². The number of hydrogen-bond acceptors (Lipinski definition) is 2. The molecule has 0 aliphatic heterocycles. The van der Waals surface area contributed by atoms with Gasteiger partial charge in [0, 0.05) is 40.9 Å². The van der Waals surface area contributed by atoms with Gasteiger partial charge in [-0.3, -0.25) is 0 Å². The number of fused-ring (bicyclic) bond motifs is 2. The van der Waals surface area contributed by atoms with Gasteiger partial charge in [0.15, 0.2) is 0 Å². The van der Waals surface area contributed by atoms with Gasteiger partial charge in [-0.25, -0.2) is 4.39 Å². The molecule has 0 saturated heterocycles. The van der Waals surface area contributed by atoms with Crippen molar-refractivity contribution >= 4 is 45.0 Å². The van der Waals surface area contributed by atoms with Crippen LogP contribution >= 0.6 is 23.2 Å². The molecule has 0 aliphatic rings. The van der Waals surface area contributed by atoms with E-state index in [0.29, 0.717) is 11.6 Å².